The van der Waals surface area contributed by atoms with Crippen LogP contribution in [0.5, 0.6) is 5.75 Å². The summed E-state index contributed by atoms with van der Waals surface area (Å²) in [5, 5.41) is 4.06. The highest BCUT2D eigenvalue weighted by Crippen LogP contribution is 2.14. The van der Waals surface area contributed by atoms with E-state index < -0.39 is 0 Å². The third kappa shape index (κ3) is 1.52. The first-order chi connectivity index (χ1) is 6.79. The van der Waals surface area contributed by atoms with Crippen LogP contribution in [0.2, 0.25) is 0 Å². The molecule has 0 unspecified atom stereocenters. The molecule has 0 aromatic carbocycles. The first-order valence-electron chi connectivity index (χ1n) is 4.09. The van der Waals surface area contributed by atoms with Gasteiger partial charge >= 0.3 is 0 Å². The Morgan fingerprint density at radius 2 is 2.21 bits per heavy atom. The normalized spacial score (nSPS) is 10.1. The summed E-state index contributed by atoms with van der Waals surface area (Å²) >= 11 is 0. The molecule has 0 bridgehead atoms. The number of anilines is 1. The van der Waals surface area contributed by atoms with Gasteiger partial charge in [-0.2, -0.15) is 5.10 Å². The lowest BCUT2D eigenvalue weighted by atomic mass is 10.4. The number of nitrogens with two attached hydrogens (primary N) is 1. The molecule has 2 N–H and O–H groups in total. The lowest BCUT2D eigenvalue weighted by molar-refractivity contribution is 0.412. The molecular formula is C9H10N4O. The molecule has 72 valence electrons. The molecule has 0 saturated carbocycles. The number of ether oxygens (including phenoxy) is 1. The van der Waals surface area contributed by atoms with Crippen LogP contribution < -0.4 is 10.5 Å². The number of nitrogens with zero attached hydrogens (tertiary/aromatic N) is 3. The molecule has 2 heterocycles. The maximum atomic E-state index is 5.55. The largest absolute Gasteiger partial charge is 0.495 e. The van der Waals surface area contributed by atoms with E-state index in [-0.39, 0.29) is 0 Å². The van der Waals surface area contributed by atoms with Crippen molar-refractivity contribution < 1.29 is 4.74 Å². The predicted molar refractivity (Wildman–Crippen MR) is 52.3 cm³/mol. The summed E-state index contributed by atoms with van der Waals surface area (Å²) < 4.78 is 6.69. The summed E-state index contributed by atoms with van der Waals surface area (Å²) in [6, 6.07) is 1.83. The molecule has 2 rings (SSSR count). The molecule has 14 heavy (non-hydrogen) atoms. The van der Waals surface area contributed by atoms with Gasteiger partial charge in [-0.15, -0.1) is 0 Å². The minimum Gasteiger partial charge on any atom is -0.495 e. The van der Waals surface area contributed by atoms with Gasteiger partial charge in [0.15, 0.2) is 0 Å². The lowest BCUT2D eigenvalue weighted by Gasteiger charge is -2.02. The van der Waals surface area contributed by atoms with Crippen LogP contribution in [0.4, 0.5) is 5.69 Å². The van der Waals surface area contributed by atoms with Gasteiger partial charge in [0, 0.05) is 6.07 Å². The number of hydrogen-bond donors (Lipinski definition) is 1. The van der Waals surface area contributed by atoms with Crippen molar-refractivity contribution in [1.82, 2.24) is 14.8 Å². The van der Waals surface area contributed by atoms with E-state index in [4.69, 9.17) is 10.5 Å². The Labute approximate surface area is 81.1 Å². The van der Waals surface area contributed by atoms with Crippen molar-refractivity contribution in [2.75, 3.05) is 12.8 Å². The molecule has 0 aliphatic carbocycles. The third-order valence-corrected chi connectivity index (χ3v) is 1.80. The topological polar surface area (TPSA) is 66.0 Å². The van der Waals surface area contributed by atoms with Crippen LogP contribution in [0.1, 0.15) is 0 Å². The van der Waals surface area contributed by atoms with E-state index in [0.29, 0.717) is 11.4 Å². The van der Waals surface area contributed by atoms with Gasteiger partial charge in [0.1, 0.15) is 5.75 Å². The standard InChI is InChI=1S/C9H10N4O/c1-14-9-2-8(4-11-5-9)13-6-7(10)3-12-13/h2-6H,10H2,1H3. The number of pyridine rings is 1. The fourth-order valence-corrected chi connectivity index (χ4v) is 1.12. The highest BCUT2D eigenvalue weighted by Gasteiger charge is 2.00. The molecule has 0 aliphatic rings. The van der Waals surface area contributed by atoms with Crippen molar-refractivity contribution in [3.63, 3.8) is 0 Å². The van der Waals surface area contributed by atoms with Crippen molar-refractivity contribution in [2.24, 2.45) is 0 Å². The first-order valence-corrected chi connectivity index (χ1v) is 4.09. The molecule has 0 saturated heterocycles. The van der Waals surface area contributed by atoms with Crippen LogP contribution in [-0.4, -0.2) is 21.9 Å². The van der Waals surface area contributed by atoms with Gasteiger partial charge in [-0.1, -0.05) is 0 Å². The summed E-state index contributed by atoms with van der Waals surface area (Å²) in [6.45, 7) is 0. The SMILES string of the molecule is COc1cncc(-n2cc(N)cn2)c1. The van der Waals surface area contributed by atoms with E-state index in [1.165, 1.54) is 0 Å². The molecule has 0 atom stereocenters. The molecule has 2 aromatic heterocycles. The zero-order valence-corrected chi connectivity index (χ0v) is 7.71. The molecule has 0 radical (unpaired) electrons. The van der Waals surface area contributed by atoms with Crippen molar-refractivity contribution in [2.45, 2.75) is 0 Å². The molecule has 0 fully saturated rings. The van der Waals surface area contributed by atoms with Crippen LogP contribution in [0.25, 0.3) is 5.69 Å². The van der Waals surface area contributed by atoms with Crippen LogP contribution in [0.3, 0.4) is 0 Å². The predicted octanol–water partition coefficient (Wildman–Crippen LogP) is 0.858. The van der Waals surface area contributed by atoms with E-state index in [2.05, 4.69) is 10.1 Å². The fourth-order valence-electron chi connectivity index (χ4n) is 1.12. The maximum Gasteiger partial charge on any atom is 0.139 e. The van der Waals surface area contributed by atoms with Gasteiger partial charge in [0.05, 0.1) is 43.3 Å². The van der Waals surface area contributed by atoms with E-state index in [1.807, 2.05) is 6.07 Å². The van der Waals surface area contributed by atoms with Gasteiger partial charge in [0.25, 0.3) is 0 Å². The van der Waals surface area contributed by atoms with Gasteiger partial charge in [-0.05, 0) is 0 Å². The van der Waals surface area contributed by atoms with Crippen molar-refractivity contribution >= 4 is 5.69 Å². The summed E-state index contributed by atoms with van der Waals surface area (Å²) in [5.41, 5.74) is 6.99. The van der Waals surface area contributed by atoms with Gasteiger partial charge < -0.3 is 10.5 Å². The zero-order chi connectivity index (χ0) is 9.97. The molecule has 0 aliphatic heterocycles. The Morgan fingerprint density at radius 3 is 2.86 bits per heavy atom. The van der Waals surface area contributed by atoms with Crippen molar-refractivity contribution in [1.29, 1.82) is 0 Å². The molecule has 0 spiro atoms. The molecule has 5 heteroatoms. The number of nitrogen functional groups attached to an aromatic ring is 1. The summed E-state index contributed by atoms with van der Waals surface area (Å²) in [6.07, 6.45) is 6.63. The van der Waals surface area contributed by atoms with Crippen LogP contribution in [0.15, 0.2) is 30.9 Å². The van der Waals surface area contributed by atoms with Gasteiger partial charge in [-0.25, -0.2) is 4.68 Å². The highest BCUT2D eigenvalue weighted by atomic mass is 16.5. The van der Waals surface area contributed by atoms with E-state index in [9.17, 15) is 0 Å². The summed E-state index contributed by atoms with van der Waals surface area (Å²) in [4.78, 5) is 4.01. The summed E-state index contributed by atoms with van der Waals surface area (Å²) in [7, 11) is 1.60. The second-order valence-electron chi connectivity index (χ2n) is 2.80. The van der Waals surface area contributed by atoms with E-state index in [0.717, 1.165) is 5.69 Å². The minimum atomic E-state index is 0.618. The average Bonchev–Trinajstić information content (AvgIpc) is 2.65. The van der Waals surface area contributed by atoms with Crippen LogP contribution in [-0.2, 0) is 0 Å². The summed E-state index contributed by atoms with van der Waals surface area (Å²) in [5.74, 6) is 0.691. The van der Waals surface area contributed by atoms with E-state index >= 15 is 0 Å². The number of hydrogen-bond acceptors (Lipinski definition) is 4. The first kappa shape index (κ1) is 8.55. The Hall–Kier alpha value is -2.04. The third-order valence-electron chi connectivity index (χ3n) is 1.80. The average molecular weight is 190 g/mol. The number of methoxy groups -OCH3 is 1. The second-order valence-corrected chi connectivity index (χ2v) is 2.80. The Kier molecular flexibility index (Phi) is 2.06. The van der Waals surface area contributed by atoms with E-state index in [1.54, 1.807) is 36.6 Å². The van der Waals surface area contributed by atoms with Crippen LogP contribution in [0, 0.1) is 0 Å². The number of aromatic nitrogens is 3. The monoisotopic (exact) mass is 190 g/mol. The Morgan fingerprint density at radius 1 is 1.36 bits per heavy atom. The van der Waals surface area contributed by atoms with Gasteiger partial charge in [-0.3, -0.25) is 4.98 Å². The Bertz CT molecular complexity index is 438. The molecule has 0 amide bonds. The zero-order valence-electron chi connectivity index (χ0n) is 7.71. The lowest BCUT2D eigenvalue weighted by Crippen LogP contribution is -1.96. The van der Waals surface area contributed by atoms with Crippen LogP contribution >= 0.6 is 0 Å². The molecule has 2 aromatic rings. The van der Waals surface area contributed by atoms with Crippen molar-refractivity contribution in [3.05, 3.63) is 30.9 Å². The number of rotatable bonds is 2. The molecule has 5 nitrogen and oxygen atoms in total. The Balaban J connectivity index is 2.41. The molecular weight excluding hydrogens is 180 g/mol. The highest BCUT2D eigenvalue weighted by molar-refractivity contribution is 5.39. The maximum absolute atomic E-state index is 5.55. The second kappa shape index (κ2) is 3.37. The van der Waals surface area contributed by atoms with Gasteiger partial charge in [0.2, 0.25) is 0 Å². The quantitative estimate of drug-likeness (QED) is 0.762. The minimum absolute atomic E-state index is 0.618. The smallest absolute Gasteiger partial charge is 0.139 e. The van der Waals surface area contributed by atoms with Crippen molar-refractivity contribution in [3.8, 4) is 11.4 Å². The fraction of sp³-hybridized carbons (Fsp3) is 0.111.